The Bertz CT molecular complexity index is 1470. The Kier molecular flexibility index (Phi) is 5.49. The third kappa shape index (κ3) is 3.69. The van der Waals surface area contributed by atoms with Crippen molar-refractivity contribution < 1.29 is 33.0 Å². The standard InChI is InChI=1S/C27H20FNO6/c1-33-19-12-6-15(7-13-19)23-22(25(31)27(32)29(23)18-10-8-17(28)9-11-18)24(30)21-14-16-4-3-5-20(34-2)26(16)35-21/h3-14,23,31H,1-2H3. The largest absolute Gasteiger partial charge is 0.503 e. The van der Waals surface area contributed by atoms with E-state index >= 15 is 0 Å². The van der Waals surface area contributed by atoms with Gasteiger partial charge < -0.3 is 19.0 Å². The topological polar surface area (TPSA) is 89.2 Å². The van der Waals surface area contributed by atoms with Crippen LogP contribution in [-0.2, 0) is 4.79 Å². The fourth-order valence-electron chi connectivity index (χ4n) is 4.25. The summed E-state index contributed by atoms with van der Waals surface area (Å²) in [5.74, 6) is -1.65. The average Bonchev–Trinajstić information content (AvgIpc) is 3.43. The number of amides is 1. The molecule has 4 aromatic rings. The SMILES string of the molecule is COc1ccc(C2C(C(=O)c3cc4cccc(OC)c4o3)=C(O)C(=O)N2c2ccc(F)cc2)cc1. The van der Waals surface area contributed by atoms with E-state index in [0.717, 1.165) is 0 Å². The second-order valence-electron chi connectivity index (χ2n) is 7.91. The van der Waals surface area contributed by atoms with E-state index in [9.17, 15) is 19.1 Å². The Morgan fingerprint density at radius 1 is 1.00 bits per heavy atom. The maximum absolute atomic E-state index is 13.7. The number of Topliss-reactive ketones (excluding diaryl/α,β-unsaturated/α-hetero) is 1. The van der Waals surface area contributed by atoms with Crippen LogP contribution in [0.2, 0.25) is 0 Å². The van der Waals surface area contributed by atoms with Gasteiger partial charge in [-0.05, 0) is 54.1 Å². The van der Waals surface area contributed by atoms with Crippen LogP contribution in [0.4, 0.5) is 10.1 Å². The number of nitrogens with zero attached hydrogens (tertiary/aromatic N) is 1. The van der Waals surface area contributed by atoms with Gasteiger partial charge in [-0.1, -0.05) is 24.3 Å². The van der Waals surface area contributed by atoms with Gasteiger partial charge in [0.2, 0.25) is 5.78 Å². The third-order valence-electron chi connectivity index (χ3n) is 5.94. The summed E-state index contributed by atoms with van der Waals surface area (Å²) in [4.78, 5) is 28.2. The van der Waals surface area contributed by atoms with E-state index in [4.69, 9.17) is 13.9 Å². The van der Waals surface area contributed by atoms with Gasteiger partial charge in [0.05, 0.1) is 25.8 Å². The first-order chi connectivity index (χ1) is 16.9. The molecule has 1 aliphatic heterocycles. The molecule has 0 bridgehead atoms. The Hall–Kier alpha value is -4.59. The van der Waals surface area contributed by atoms with Crippen molar-refractivity contribution in [1.82, 2.24) is 0 Å². The van der Waals surface area contributed by atoms with Gasteiger partial charge in [-0.3, -0.25) is 14.5 Å². The summed E-state index contributed by atoms with van der Waals surface area (Å²) in [6, 6.07) is 17.8. The summed E-state index contributed by atoms with van der Waals surface area (Å²) >= 11 is 0. The Morgan fingerprint density at radius 2 is 1.71 bits per heavy atom. The summed E-state index contributed by atoms with van der Waals surface area (Å²) in [7, 11) is 3.01. The fraction of sp³-hybridized carbons (Fsp3) is 0.111. The quantitative estimate of drug-likeness (QED) is 0.379. The van der Waals surface area contributed by atoms with Gasteiger partial charge in [0.1, 0.15) is 11.6 Å². The van der Waals surface area contributed by atoms with Crippen LogP contribution in [0.3, 0.4) is 0 Å². The molecule has 0 saturated heterocycles. The molecule has 8 heteroatoms. The van der Waals surface area contributed by atoms with Crippen molar-refractivity contribution >= 4 is 28.3 Å². The average molecular weight is 473 g/mol. The number of ketones is 1. The van der Waals surface area contributed by atoms with Gasteiger partial charge in [-0.2, -0.15) is 0 Å². The molecule has 1 aliphatic rings. The van der Waals surface area contributed by atoms with Crippen molar-refractivity contribution in [2.45, 2.75) is 6.04 Å². The predicted octanol–water partition coefficient (Wildman–Crippen LogP) is 5.37. The number of aliphatic hydroxyl groups is 1. The first-order valence-corrected chi connectivity index (χ1v) is 10.7. The van der Waals surface area contributed by atoms with Crippen LogP contribution >= 0.6 is 0 Å². The number of rotatable bonds is 6. The predicted molar refractivity (Wildman–Crippen MR) is 126 cm³/mol. The van der Waals surface area contributed by atoms with Gasteiger partial charge >= 0.3 is 0 Å². The zero-order valence-electron chi connectivity index (χ0n) is 18.8. The second kappa shape index (κ2) is 8.64. The van der Waals surface area contributed by atoms with E-state index in [2.05, 4.69) is 0 Å². The summed E-state index contributed by atoms with van der Waals surface area (Å²) in [6.07, 6.45) is 0. The molecule has 0 radical (unpaired) electrons. The summed E-state index contributed by atoms with van der Waals surface area (Å²) in [5.41, 5.74) is 1.09. The lowest BCUT2D eigenvalue weighted by Gasteiger charge is -2.27. The maximum atomic E-state index is 13.7. The molecule has 1 atom stereocenters. The molecule has 2 heterocycles. The number of halogens is 1. The van der Waals surface area contributed by atoms with Crippen LogP contribution in [0.1, 0.15) is 22.2 Å². The first-order valence-electron chi connectivity index (χ1n) is 10.7. The highest BCUT2D eigenvalue weighted by atomic mass is 19.1. The van der Waals surface area contributed by atoms with Crippen molar-refractivity contribution in [2.75, 3.05) is 19.1 Å². The van der Waals surface area contributed by atoms with E-state index in [-0.39, 0.29) is 11.3 Å². The molecule has 7 nitrogen and oxygen atoms in total. The van der Waals surface area contributed by atoms with E-state index in [1.807, 2.05) is 0 Å². The zero-order chi connectivity index (χ0) is 24.7. The number of fused-ring (bicyclic) bond motifs is 1. The number of carbonyl (C=O) groups excluding carboxylic acids is 2. The molecule has 0 fully saturated rings. The van der Waals surface area contributed by atoms with Crippen molar-refractivity contribution in [2.24, 2.45) is 0 Å². The highest BCUT2D eigenvalue weighted by molar-refractivity contribution is 6.20. The molecule has 0 spiro atoms. The number of para-hydroxylation sites is 1. The van der Waals surface area contributed by atoms with Crippen LogP contribution < -0.4 is 14.4 Å². The fourth-order valence-corrected chi connectivity index (χ4v) is 4.25. The number of aliphatic hydroxyl groups excluding tert-OH is 1. The highest BCUT2D eigenvalue weighted by Gasteiger charge is 2.45. The molecule has 0 saturated carbocycles. The lowest BCUT2D eigenvalue weighted by atomic mass is 9.94. The number of carbonyl (C=O) groups is 2. The summed E-state index contributed by atoms with van der Waals surface area (Å²) in [5, 5.41) is 11.5. The van der Waals surface area contributed by atoms with Gasteiger partial charge in [-0.25, -0.2) is 4.39 Å². The van der Waals surface area contributed by atoms with E-state index in [1.165, 1.54) is 49.5 Å². The third-order valence-corrected chi connectivity index (χ3v) is 5.94. The van der Waals surface area contributed by atoms with Crippen molar-refractivity contribution in [3.63, 3.8) is 0 Å². The minimum atomic E-state index is -0.985. The van der Waals surface area contributed by atoms with Gasteiger partial charge in [0, 0.05) is 11.1 Å². The number of furan rings is 1. The smallest absolute Gasteiger partial charge is 0.294 e. The van der Waals surface area contributed by atoms with Crippen LogP contribution in [-0.4, -0.2) is 31.0 Å². The highest BCUT2D eigenvalue weighted by Crippen LogP contribution is 2.43. The van der Waals surface area contributed by atoms with Crippen LogP contribution in [0.5, 0.6) is 11.5 Å². The zero-order valence-corrected chi connectivity index (χ0v) is 18.8. The van der Waals surface area contributed by atoms with E-state index in [0.29, 0.717) is 33.7 Å². The number of benzene rings is 3. The van der Waals surface area contributed by atoms with E-state index < -0.39 is 29.3 Å². The number of ether oxygens (including phenoxy) is 2. The van der Waals surface area contributed by atoms with Crippen molar-refractivity contribution in [3.8, 4) is 11.5 Å². The lowest BCUT2D eigenvalue weighted by molar-refractivity contribution is -0.117. The molecule has 0 aliphatic carbocycles. The maximum Gasteiger partial charge on any atom is 0.294 e. The first kappa shape index (κ1) is 22.2. The van der Waals surface area contributed by atoms with Gasteiger partial charge in [0.25, 0.3) is 5.91 Å². The second-order valence-corrected chi connectivity index (χ2v) is 7.91. The molecule has 35 heavy (non-hydrogen) atoms. The normalized spacial score (nSPS) is 15.7. The Morgan fingerprint density at radius 3 is 2.37 bits per heavy atom. The van der Waals surface area contributed by atoms with Crippen LogP contribution in [0, 0.1) is 5.82 Å². The van der Waals surface area contributed by atoms with Crippen LogP contribution in [0.15, 0.2) is 88.5 Å². The molecular weight excluding hydrogens is 453 g/mol. The summed E-state index contributed by atoms with van der Waals surface area (Å²) < 4.78 is 29.9. The number of methoxy groups -OCH3 is 2. The van der Waals surface area contributed by atoms with Crippen LogP contribution in [0.25, 0.3) is 11.0 Å². The molecule has 5 rings (SSSR count). The minimum Gasteiger partial charge on any atom is -0.503 e. The summed E-state index contributed by atoms with van der Waals surface area (Å²) in [6.45, 7) is 0. The Balaban J connectivity index is 1.65. The monoisotopic (exact) mass is 473 g/mol. The van der Waals surface area contributed by atoms with Crippen molar-refractivity contribution in [3.05, 3.63) is 101 Å². The number of anilines is 1. The number of hydrogen-bond acceptors (Lipinski definition) is 6. The molecule has 1 aromatic heterocycles. The molecule has 1 N–H and O–H groups in total. The number of hydrogen-bond donors (Lipinski definition) is 1. The molecule has 1 unspecified atom stereocenters. The Labute approximate surface area is 199 Å². The minimum absolute atomic E-state index is 0.0571. The molecule has 1 amide bonds. The van der Waals surface area contributed by atoms with Gasteiger partial charge in [-0.15, -0.1) is 0 Å². The van der Waals surface area contributed by atoms with Crippen molar-refractivity contribution in [1.29, 1.82) is 0 Å². The van der Waals surface area contributed by atoms with E-state index in [1.54, 1.807) is 42.5 Å². The molecule has 3 aromatic carbocycles. The van der Waals surface area contributed by atoms with Gasteiger partial charge in [0.15, 0.2) is 22.9 Å². The lowest BCUT2D eigenvalue weighted by Crippen LogP contribution is -2.31. The molecular formula is C27H20FNO6. The molecule has 176 valence electrons.